The van der Waals surface area contributed by atoms with E-state index in [1.54, 1.807) is 0 Å². The van der Waals surface area contributed by atoms with Crippen LogP contribution in [0.5, 0.6) is 0 Å². The third-order valence-corrected chi connectivity index (χ3v) is 3.25. The van der Waals surface area contributed by atoms with E-state index in [1.165, 1.54) is 16.7 Å². The SMILES string of the molecule is CC(C)(N)C1=CCc2cccc(Br)c21. The molecule has 0 bridgehead atoms. The third-order valence-electron chi connectivity index (χ3n) is 2.59. The second-order valence-electron chi connectivity index (χ2n) is 4.32. The Morgan fingerprint density at radius 3 is 2.71 bits per heavy atom. The first kappa shape index (κ1) is 9.94. The standard InChI is InChI=1S/C12H14BrN/c1-12(2,14)9-7-6-8-4-3-5-10(13)11(8)9/h3-5,7H,6,14H2,1-2H3. The lowest BCUT2D eigenvalue weighted by Crippen LogP contribution is -2.33. The van der Waals surface area contributed by atoms with Gasteiger partial charge in [0.25, 0.3) is 0 Å². The van der Waals surface area contributed by atoms with E-state index in [4.69, 9.17) is 5.73 Å². The van der Waals surface area contributed by atoms with Gasteiger partial charge in [0.05, 0.1) is 0 Å². The summed E-state index contributed by atoms with van der Waals surface area (Å²) < 4.78 is 1.15. The molecule has 0 atom stereocenters. The van der Waals surface area contributed by atoms with E-state index >= 15 is 0 Å². The van der Waals surface area contributed by atoms with E-state index in [1.807, 2.05) is 13.8 Å². The summed E-state index contributed by atoms with van der Waals surface area (Å²) in [5.41, 5.74) is 9.79. The zero-order valence-electron chi connectivity index (χ0n) is 8.47. The number of halogens is 1. The van der Waals surface area contributed by atoms with Crippen molar-refractivity contribution in [3.8, 4) is 0 Å². The molecule has 0 radical (unpaired) electrons. The first-order chi connectivity index (χ1) is 6.50. The Bertz CT molecular complexity index is 399. The molecule has 0 fully saturated rings. The van der Waals surface area contributed by atoms with Crippen LogP contribution in [0.3, 0.4) is 0 Å². The average molecular weight is 252 g/mol. The number of hydrogen-bond acceptors (Lipinski definition) is 1. The van der Waals surface area contributed by atoms with Crippen LogP contribution in [0.2, 0.25) is 0 Å². The van der Waals surface area contributed by atoms with Crippen molar-refractivity contribution in [1.29, 1.82) is 0 Å². The molecule has 0 saturated carbocycles. The van der Waals surface area contributed by atoms with Crippen LogP contribution >= 0.6 is 15.9 Å². The summed E-state index contributed by atoms with van der Waals surface area (Å²) in [5.74, 6) is 0. The second kappa shape index (κ2) is 3.21. The molecule has 0 heterocycles. The Morgan fingerprint density at radius 1 is 1.36 bits per heavy atom. The molecule has 2 rings (SSSR count). The highest BCUT2D eigenvalue weighted by Gasteiger charge is 2.26. The highest BCUT2D eigenvalue weighted by atomic mass is 79.9. The van der Waals surface area contributed by atoms with Crippen molar-refractivity contribution < 1.29 is 0 Å². The summed E-state index contributed by atoms with van der Waals surface area (Å²) in [6, 6.07) is 6.31. The first-order valence-corrected chi connectivity index (χ1v) is 5.57. The molecule has 74 valence electrons. The summed E-state index contributed by atoms with van der Waals surface area (Å²) in [6.07, 6.45) is 3.24. The van der Waals surface area contributed by atoms with Crippen molar-refractivity contribution >= 4 is 21.5 Å². The van der Waals surface area contributed by atoms with Crippen molar-refractivity contribution in [2.45, 2.75) is 25.8 Å². The van der Waals surface area contributed by atoms with Crippen LogP contribution in [0.4, 0.5) is 0 Å². The van der Waals surface area contributed by atoms with Gasteiger partial charge in [-0.15, -0.1) is 0 Å². The molecule has 0 amide bonds. The summed E-state index contributed by atoms with van der Waals surface area (Å²) in [5, 5.41) is 0. The largest absolute Gasteiger partial charge is 0.322 e. The first-order valence-electron chi connectivity index (χ1n) is 4.77. The molecule has 1 aliphatic carbocycles. The number of benzene rings is 1. The van der Waals surface area contributed by atoms with Gasteiger partial charge in [0.2, 0.25) is 0 Å². The van der Waals surface area contributed by atoms with Crippen LogP contribution in [-0.2, 0) is 6.42 Å². The number of allylic oxidation sites excluding steroid dienone is 1. The molecule has 2 N–H and O–H groups in total. The fraction of sp³-hybridized carbons (Fsp3) is 0.333. The molecule has 0 aliphatic heterocycles. The lowest BCUT2D eigenvalue weighted by molar-refractivity contribution is 0.676. The molecule has 1 nitrogen and oxygen atoms in total. The maximum absolute atomic E-state index is 6.14. The van der Waals surface area contributed by atoms with Gasteiger partial charge in [0.1, 0.15) is 0 Å². The minimum absolute atomic E-state index is 0.255. The van der Waals surface area contributed by atoms with E-state index in [-0.39, 0.29) is 5.54 Å². The summed E-state index contributed by atoms with van der Waals surface area (Å²) in [7, 11) is 0. The molecule has 0 saturated heterocycles. The Labute approximate surface area is 93.1 Å². The number of nitrogens with two attached hydrogens (primary N) is 1. The van der Waals surface area contributed by atoms with E-state index in [0.717, 1.165) is 10.9 Å². The minimum Gasteiger partial charge on any atom is -0.322 e. The van der Waals surface area contributed by atoms with Crippen molar-refractivity contribution in [3.05, 3.63) is 39.9 Å². The van der Waals surface area contributed by atoms with Crippen molar-refractivity contribution in [3.63, 3.8) is 0 Å². The predicted octanol–water partition coefficient (Wildman–Crippen LogP) is 3.13. The fourth-order valence-electron chi connectivity index (χ4n) is 1.94. The van der Waals surface area contributed by atoms with Gasteiger partial charge in [-0.1, -0.05) is 34.1 Å². The molecular weight excluding hydrogens is 238 g/mol. The normalized spacial score (nSPS) is 15.3. The van der Waals surface area contributed by atoms with Gasteiger partial charge in [-0.2, -0.15) is 0 Å². The average Bonchev–Trinajstić information content (AvgIpc) is 2.47. The summed E-state index contributed by atoms with van der Waals surface area (Å²) in [6.45, 7) is 4.10. The van der Waals surface area contributed by atoms with E-state index in [9.17, 15) is 0 Å². The quantitative estimate of drug-likeness (QED) is 0.816. The monoisotopic (exact) mass is 251 g/mol. The Hall–Kier alpha value is -0.600. The molecule has 2 heteroatoms. The second-order valence-corrected chi connectivity index (χ2v) is 5.17. The number of fused-ring (bicyclic) bond motifs is 1. The maximum Gasteiger partial charge on any atom is 0.0355 e. The number of rotatable bonds is 1. The van der Waals surface area contributed by atoms with Gasteiger partial charge >= 0.3 is 0 Å². The minimum atomic E-state index is -0.255. The van der Waals surface area contributed by atoms with Gasteiger partial charge in [-0.3, -0.25) is 0 Å². The molecule has 1 aromatic carbocycles. The predicted molar refractivity (Wildman–Crippen MR) is 64.1 cm³/mol. The molecule has 0 unspecified atom stereocenters. The van der Waals surface area contributed by atoms with E-state index < -0.39 is 0 Å². The highest BCUT2D eigenvalue weighted by Crippen LogP contribution is 2.38. The zero-order valence-corrected chi connectivity index (χ0v) is 10.1. The van der Waals surface area contributed by atoms with Crippen LogP contribution in [0.1, 0.15) is 25.0 Å². The van der Waals surface area contributed by atoms with E-state index in [0.29, 0.717) is 0 Å². The summed E-state index contributed by atoms with van der Waals surface area (Å²) in [4.78, 5) is 0. The van der Waals surface area contributed by atoms with Crippen LogP contribution in [0.25, 0.3) is 5.57 Å². The van der Waals surface area contributed by atoms with Gasteiger partial charge < -0.3 is 5.73 Å². The van der Waals surface area contributed by atoms with Crippen molar-refractivity contribution in [2.24, 2.45) is 5.73 Å². The Kier molecular flexibility index (Phi) is 2.28. The molecule has 0 aromatic heterocycles. The lowest BCUT2D eigenvalue weighted by Gasteiger charge is -2.22. The lowest BCUT2D eigenvalue weighted by atomic mass is 9.91. The van der Waals surface area contributed by atoms with Gasteiger partial charge in [-0.25, -0.2) is 0 Å². The van der Waals surface area contributed by atoms with Crippen molar-refractivity contribution in [1.82, 2.24) is 0 Å². The smallest absolute Gasteiger partial charge is 0.0355 e. The van der Waals surface area contributed by atoms with Crippen LogP contribution in [-0.4, -0.2) is 5.54 Å². The molecular formula is C12H14BrN. The molecule has 1 aliphatic rings. The van der Waals surface area contributed by atoms with Gasteiger partial charge in [-0.05, 0) is 43.0 Å². The van der Waals surface area contributed by atoms with Gasteiger partial charge in [0.15, 0.2) is 0 Å². The topological polar surface area (TPSA) is 26.0 Å². The third kappa shape index (κ3) is 1.53. The van der Waals surface area contributed by atoms with Crippen LogP contribution in [0.15, 0.2) is 28.7 Å². The molecule has 1 aromatic rings. The fourth-order valence-corrected chi connectivity index (χ4v) is 2.56. The van der Waals surface area contributed by atoms with Crippen molar-refractivity contribution in [2.75, 3.05) is 0 Å². The maximum atomic E-state index is 6.14. The zero-order chi connectivity index (χ0) is 10.3. The molecule has 14 heavy (non-hydrogen) atoms. The highest BCUT2D eigenvalue weighted by molar-refractivity contribution is 9.10. The van der Waals surface area contributed by atoms with Gasteiger partial charge in [0, 0.05) is 10.0 Å². The van der Waals surface area contributed by atoms with Crippen LogP contribution < -0.4 is 5.73 Å². The Morgan fingerprint density at radius 2 is 2.07 bits per heavy atom. The van der Waals surface area contributed by atoms with Crippen LogP contribution in [0, 0.1) is 0 Å². The van der Waals surface area contributed by atoms with E-state index in [2.05, 4.69) is 40.2 Å². The Balaban J connectivity index is 2.56. The molecule has 0 spiro atoms. The summed E-state index contributed by atoms with van der Waals surface area (Å²) >= 11 is 3.58. The number of hydrogen-bond donors (Lipinski definition) is 1.